The average molecular weight is 283 g/mol. The van der Waals surface area contributed by atoms with Crippen molar-refractivity contribution in [3.63, 3.8) is 0 Å². The van der Waals surface area contributed by atoms with Gasteiger partial charge in [-0.15, -0.1) is 0 Å². The van der Waals surface area contributed by atoms with Crippen molar-refractivity contribution in [2.24, 2.45) is 0 Å². The standard InChI is InChI=1S/C14H13N5O2/c1-8(20)9-3-2-4-10(5-9)18-14-12-13(16-7-17-14)15-6-11(21)19-12/h2-5,7H,6H2,1H3,(H,19,21)(H2,15,16,17,18). The van der Waals surface area contributed by atoms with Crippen LogP contribution in [0.1, 0.15) is 17.3 Å². The second kappa shape index (κ2) is 5.20. The number of carbonyl (C=O) groups excluding carboxylic acids is 2. The molecule has 0 spiro atoms. The number of Topliss-reactive ketones (excluding diaryl/α,β-unsaturated/α-hetero) is 1. The lowest BCUT2D eigenvalue weighted by molar-refractivity contribution is -0.114. The molecule has 0 atom stereocenters. The van der Waals surface area contributed by atoms with Crippen molar-refractivity contribution in [3.8, 4) is 0 Å². The van der Waals surface area contributed by atoms with Crippen LogP contribution in [-0.4, -0.2) is 28.2 Å². The van der Waals surface area contributed by atoms with Crippen LogP contribution in [0, 0.1) is 0 Å². The Hall–Kier alpha value is -2.96. The summed E-state index contributed by atoms with van der Waals surface area (Å²) in [4.78, 5) is 31.1. The van der Waals surface area contributed by atoms with E-state index in [1.165, 1.54) is 13.3 Å². The lowest BCUT2D eigenvalue weighted by atomic mass is 10.1. The number of rotatable bonds is 3. The van der Waals surface area contributed by atoms with Gasteiger partial charge in [0.1, 0.15) is 12.0 Å². The van der Waals surface area contributed by atoms with Crippen LogP contribution >= 0.6 is 0 Å². The number of benzene rings is 1. The zero-order valence-corrected chi connectivity index (χ0v) is 11.3. The summed E-state index contributed by atoms with van der Waals surface area (Å²) in [5, 5.41) is 8.73. The molecule has 0 aliphatic carbocycles. The van der Waals surface area contributed by atoms with E-state index in [1.807, 2.05) is 6.07 Å². The molecule has 106 valence electrons. The van der Waals surface area contributed by atoms with E-state index in [0.29, 0.717) is 28.6 Å². The Kier molecular flexibility index (Phi) is 3.23. The molecule has 21 heavy (non-hydrogen) atoms. The second-order valence-corrected chi connectivity index (χ2v) is 4.61. The third kappa shape index (κ3) is 2.66. The molecule has 3 rings (SSSR count). The third-order valence-electron chi connectivity index (χ3n) is 3.06. The molecule has 7 nitrogen and oxygen atoms in total. The van der Waals surface area contributed by atoms with E-state index in [4.69, 9.17) is 0 Å². The minimum Gasteiger partial charge on any atom is -0.359 e. The van der Waals surface area contributed by atoms with Crippen molar-refractivity contribution in [1.82, 2.24) is 9.97 Å². The number of nitrogens with one attached hydrogen (secondary N) is 3. The van der Waals surface area contributed by atoms with Crippen LogP contribution in [0.2, 0.25) is 0 Å². The average Bonchev–Trinajstić information content (AvgIpc) is 2.48. The van der Waals surface area contributed by atoms with Crippen molar-refractivity contribution < 1.29 is 9.59 Å². The molecule has 0 unspecified atom stereocenters. The number of aromatic nitrogens is 2. The number of amides is 1. The van der Waals surface area contributed by atoms with E-state index in [2.05, 4.69) is 25.9 Å². The van der Waals surface area contributed by atoms with Crippen LogP contribution in [-0.2, 0) is 4.79 Å². The van der Waals surface area contributed by atoms with Crippen LogP contribution in [0.5, 0.6) is 0 Å². The highest BCUT2D eigenvalue weighted by molar-refractivity contribution is 6.03. The van der Waals surface area contributed by atoms with Crippen molar-refractivity contribution >= 4 is 34.7 Å². The normalized spacial score (nSPS) is 12.9. The molecule has 1 aliphatic rings. The summed E-state index contributed by atoms with van der Waals surface area (Å²) in [5.74, 6) is 0.868. The number of carbonyl (C=O) groups is 2. The lowest BCUT2D eigenvalue weighted by Crippen LogP contribution is -2.28. The fourth-order valence-electron chi connectivity index (χ4n) is 2.03. The Labute approximate surface area is 120 Å². The molecule has 3 N–H and O–H groups in total. The Morgan fingerprint density at radius 2 is 2.19 bits per heavy atom. The molecule has 0 saturated heterocycles. The Morgan fingerprint density at radius 1 is 1.33 bits per heavy atom. The van der Waals surface area contributed by atoms with Gasteiger partial charge in [0.2, 0.25) is 5.91 Å². The summed E-state index contributed by atoms with van der Waals surface area (Å²) in [6.45, 7) is 1.69. The molecule has 1 amide bonds. The van der Waals surface area contributed by atoms with Crippen molar-refractivity contribution in [2.75, 3.05) is 22.5 Å². The predicted octanol–water partition coefficient (Wildman–Crippen LogP) is 1.79. The zero-order valence-electron chi connectivity index (χ0n) is 11.3. The van der Waals surface area contributed by atoms with E-state index in [0.717, 1.165) is 0 Å². The van der Waals surface area contributed by atoms with Gasteiger partial charge in [-0.05, 0) is 19.1 Å². The van der Waals surface area contributed by atoms with Gasteiger partial charge in [-0.25, -0.2) is 9.97 Å². The molecule has 0 radical (unpaired) electrons. The first kappa shape index (κ1) is 13.0. The molecule has 0 saturated carbocycles. The largest absolute Gasteiger partial charge is 0.359 e. The molecular formula is C14H13N5O2. The van der Waals surface area contributed by atoms with Crippen LogP contribution in [0.25, 0.3) is 0 Å². The first-order chi connectivity index (χ1) is 10.1. The molecule has 1 aromatic carbocycles. The van der Waals surface area contributed by atoms with Crippen LogP contribution in [0.15, 0.2) is 30.6 Å². The fourth-order valence-corrected chi connectivity index (χ4v) is 2.03. The number of ketones is 1. The highest BCUT2D eigenvalue weighted by Crippen LogP contribution is 2.30. The van der Waals surface area contributed by atoms with E-state index in [1.54, 1.807) is 18.2 Å². The van der Waals surface area contributed by atoms with Gasteiger partial charge in [0.05, 0.1) is 6.54 Å². The minimum absolute atomic E-state index is 0.0154. The maximum atomic E-state index is 11.5. The van der Waals surface area contributed by atoms with E-state index >= 15 is 0 Å². The number of anilines is 4. The highest BCUT2D eigenvalue weighted by atomic mass is 16.2. The molecule has 2 heterocycles. The van der Waals surface area contributed by atoms with Gasteiger partial charge in [0, 0.05) is 11.3 Å². The summed E-state index contributed by atoms with van der Waals surface area (Å²) >= 11 is 0. The molecule has 1 aliphatic heterocycles. The van der Waals surface area contributed by atoms with Gasteiger partial charge in [-0.2, -0.15) is 0 Å². The SMILES string of the molecule is CC(=O)c1cccc(Nc2ncnc3c2NC(=O)CN3)c1. The molecule has 0 bridgehead atoms. The maximum absolute atomic E-state index is 11.5. The van der Waals surface area contributed by atoms with Crippen molar-refractivity contribution in [2.45, 2.75) is 6.92 Å². The molecule has 2 aromatic rings. The summed E-state index contributed by atoms with van der Waals surface area (Å²) in [6.07, 6.45) is 1.40. The highest BCUT2D eigenvalue weighted by Gasteiger charge is 2.19. The second-order valence-electron chi connectivity index (χ2n) is 4.61. The van der Waals surface area contributed by atoms with Gasteiger partial charge in [-0.3, -0.25) is 9.59 Å². The number of hydrogen-bond donors (Lipinski definition) is 3. The Morgan fingerprint density at radius 3 is 3.00 bits per heavy atom. The topological polar surface area (TPSA) is 96.0 Å². The van der Waals surface area contributed by atoms with Gasteiger partial charge >= 0.3 is 0 Å². The molecule has 7 heteroatoms. The van der Waals surface area contributed by atoms with Crippen molar-refractivity contribution in [1.29, 1.82) is 0 Å². The Bertz CT molecular complexity index is 729. The monoisotopic (exact) mass is 283 g/mol. The first-order valence-corrected chi connectivity index (χ1v) is 6.40. The van der Waals surface area contributed by atoms with Crippen LogP contribution in [0.4, 0.5) is 23.0 Å². The fraction of sp³-hybridized carbons (Fsp3) is 0.143. The van der Waals surface area contributed by atoms with E-state index < -0.39 is 0 Å². The van der Waals surface area contributed by atoms with E-state index in [9.17, 15) is 9.59 Å². The Balaban J connectivity index is 1.94. The maximum Gasteiger partial charge on any atom is 0.243 e. The van der Waals surface area contributed by atoms with Crippen molar-refractivity contribution in [3.05, 3.63) is 36.2 Å². The van der Waals surface area contributed by atoms with Crippen LogP contribution in [0.3, 0.4) is 0 Å². The van der Waals surface area contributed by atoms with Gasteiger partial charge in [0.25, 0.3) is 0 Å². The molecular weight excluding hydrogens is 270 g/mol. The summed E-state index contributed by atoms with van der Waals surface area (Å²) in [6, 6.07) is 7.07. The summed E-state index contributed by atoms with van der Waals surface area (Å²) in [5.41, 5.74) is 1.82. The van der Waals surface area contributed by atoms with Gasteiger partial charge in [0.15, 0.2) is 17.4 Å². The third-order valence-corrected chi connectivity index (χ3v) is 3.06. The van der Waals surface area contributed by atoms with Crippen LogP contribution < -0.4 is 16.0 Å². The minimum atomic E-state index is -0.155. The predicted molar refractivity (Wildman–Crippen MR) is 78.9 cm³/mol. The van der Waals surface area contributed by atoms with Gasteiger partial charge in [-0.1, -0.05) is 12.1 Å². The quantitative estimate of drug-likeness (QED) is 0.743. The molecule has 1 aromatic heterocycles. The van der Waals surface area contributed by atoms with Gasteiger partial charge < -0.3 is 16.0 Å². The summed E-state index contributed by atoms with van der Waals surface area (Å²) in [7, 11) is 0. The number of fused-ring (bicyclic) bond motifs is 1. The zero-order chi connectivity index (χ0) is 14.8. The summed E-state index contributed by atoms with van der Waals surface area (Å²) < 4.78 is 0. The molecule has 0 fully saturated rings. The van der Waals surface area contributed by atoms with E-state index in [-0.39, 0.29) is 18.2 Å². The first-order valence-electron chi connectivity index (χ1n) is 6.40. The smallest absolute Gasteiger partial charge is 0.243 e. The lowest BCUT2D eigenvalue weighted by Gasteiger charge is -2.20. The number of nitrogens with zero attached hydrogens (tertiary/aromatic N) is 2. The number of hydrogen-bond acceptors (Lipinski definition) is 6.